The van der Waals surface area contributed by atoms with Gasteiger partial charge in [-0.15, -0.1) is 0 Å². The minimum Gasteiger partial charge on any atom is -0.392 e. The molecule has 0 aromatic heterocycles. The van der Waals surface area contributed by atoms with Gasteiger partial charge in [0.25, 0.3) is 0 Å². The van der Waals surface area contributed by atoms with Crippen molar-refractivity contribution in [1.29, 1.82) is 0 Å². The molecule has 6 heteroatoms. The Kier molecular flexibility index (Phi) is 13.2. The van der Waals surface area contributed by atoms with Crippen LogP contribution in [0.2, 0.25) is 5.02 Å². The van der Waals surface area contributed by atoms with Crippen LogP contribution in [0.1, 0.15) is 90.0 Å². The third kappa shape index (κ3) is 11.4. The summed E-state index contributed by atoms with van der Waals surface area (Å²) in [7, 11) is 0. The van der Waals surface area contributed by atoms with Gasteiger partial charge in [0.15, 0.2) is 5.78 Å². The van der Waals surface area contributed by atoms with Gasteiger partial charge in [-0.3, -0.25) is 9.59 Å². The lowest BCUT2D eigenvalue weighted by Gasteiger charge is -2.22. The minimum absolute atomic E-state index is 0.105. The van der Waals surface area contributed by atoms with Gasteiger partial charge in [0, 0.05) is 29.7 Å². The first-order valence-corrected chi connectivity index (χ1v) is 13.5. The van der Waals surface area contributed by atoms with Crippen molar-refractivity contribution < 1.29 is 24.5 Å². The van der Waals surface area contributed by atoms with Crippen molar-refractivity contribution in [3.05, 3.63) is 47.0 Å². The van der Waals surface area contributed by atoms with Crippen molar-refractivity contribution in [2.75, 3.05) is 6.61 Å². The molecule has 1 aromatic rings. The van der Waals surface area contributed by atoms with E-state index in [1.54, 1.807) is 12.1 Å². The maximum atomic E-state index is 12.4. The van der Waals surface area contributed by atoms with E-state index in [0.29, 0.717) is 24.5 Å². The summed E-state index contributed by atoms with van der Waals surface area (Å²) in [6.07, 6.45) is 11.7. The van der Waals surface area contributed by atoms with Gasteiger partial charge in [-0.25, -0.2) is 0 Å². The maximum Gasteiger partial charge on any atom is 0.158 e. The number of halogens is 1. The van der Waals surface area contributed by atoms with E-state index in [2.05, 4.69) is 6.92 Å². The number of hydrogen-bond acceptors (Lipinski definition) is 5. The number of hydrogen-bond donors (Lipinski definition) is 2. The third-order valence-corrected chi connectivity index (χ3v) is 7.14. The van der Waals surface area contributed by atoms with Crippen LogP contribution in [-0.2, 0) is 20.9 Å². The summed E-state index contributed by atoms with van der Waals surface area (Å²) in [5.41, 5.74) is 0.247. The SMILES string of the molecule is CCCCC(C)(O)CC=C[C@H]1[C@H](O)CC(=O)[C@@H]1CCCCCCC(=O)COCc1ccc(Cl)cc1. The highest BCUT2D eigenvalue weighted by molar-refractivity contribution is 6.30. The number of unbranched alkanes of at least 4 members (excludes halogenated alkanes) is 4. The zero-order chi connectivity index (χ0) is 25.7. The standard InChI is InChI=1S/C29H43ClO5/c1-3-4-17-29(2,34)18-9-12-26-25(27(32)19-28(26)33)11-8-6-5-7-10-24(31)21-35-20-22-13-15-23(30)16-14-22/h9,12-16,25-26,28,33-34H,3-8,10-11,17-21H2,1-2H3/t25-,26-,28-,29?/m1/s1. The summed E-state index contributed by atoms with van der Waals surface area (Å²) < 4.78 is 5.50. The molecule has 1 aromatic carbocycles. The van der Waals surface area contributed by atoms with E-state index in [9.17, 15) is 19.8 Å². The van der Waals surface area contributed by atoms with Crippen molar-refractivity contribution in [3.8, 4) is 0 Å². The molecule has 35 heavy (non-hydrogen) atoms. The van der Waals surface area contributed by atoms with Gasteiger partial charge in [0.05, 0.1) is 18.3 Å². The number of ketones is 2. The molecule has 2 N–H and O–H groups in total. The Hall–Kier alpha value is -1.53. The maximum absolute atomic E-state index is 12.4. The predicted molar refractivity (Wildman–Crippen MR) is 140 cm³/mol. The molecule has 0 amide bonds. The average molecular weight is 507 g/mol. The van der Waals surface area contributed by atoms with E-state index in [4.69, 9.17) is 16.3 Å². The lowest BCUT2D eigenvalue weighted by Crippen LogP contribution is -2.23. The monoisotopic (exact) mass is 506 g/mol. The molecular weight excluding hydrogens is 464 g/mol. The number of aliphatic hydroxyl groups excluding tert-OH is 1. The molecule has 1 fully saturated rings. The second-order valence-electron chi connectivity index (χ2n) is 10.3. The van der Waals surface area contributed by atoms with E-state index < -0.39 is 11.7 Å². The van der Waals surface area contributed by atoms with Crippen molar-refractivity contribution >= 4 is 23.2 Å². The zero-order valence-electron chi connectivity index (χ0n) is 21.4. The molecule has 1 aliphatic rings. The molecule has 2 rings (SSSR count). The van der Waals surface area contributed by atoms with Crippen LogP contribution in [0.3, 0.4) is 0 Å². The number of carbonyl (C=O) groups excluding carboxylic acids is 2. The number of rotatable bonds is 17. The van der Waals surface area contributed by atoms with Gasteiger partial charge in [-0.2, -0.15) is 0 Å². The highest BCUT2D eigenvalue weighted by Crippen LogP contribution is 2.34. The van der Waals surface area contributed by atoms with Crippen molar-refractivity contribution in [2.45, 2.75) is 103 Å². The fraction of sp³-hybridized carbons (Fsp3) is 0.655. The Morgan fingerprint density at radius 1 is 1.17 bits per heavy atom. The molecule has 5 nitrogen and oxygen atoms in total. The molecule has 1 aliphatic carbocycles. The smallest absolute Gasteiger partial charge is 0.158 e. The largest absolute Gasteiger partial charge is 0.392 e. The second-order valence-corrected chi connectivity index (χ2v) is 10.7. The molecule has 0 saturated heterocycles. The molecule has 0 spiro atoms. The molecule has 1 saturated carbocycles. The first-order chi connectivity index (χ1) is 16.7. The summed E-state index contributed by atoms with van der Waals surface area (Å²) in [6, 6.07) is 7.39. The highest BCUT2D eigenvalue weighted by atomic mass is 35.5. The van der Waals surface area contributed by atoms with E-state index in [-0.39, 0.29) is 36.4 Å². The second kappa shape index (κ2) is 15.6. The number of Topliss-reactive ketones (excluding diaryl/α,β-unsaturated/α-hetero) is 2. The fourth-order valence-electron chi connectivity index (χ4n) is 4.71. The number of aliphatic hydroxyl groups is 2. The summed E-state index contributed by atoms with van der Waals surface area (Å²) >= 11 is 5.86. The molecule has 0 heterocycles. The van der Waals surface area contributed by atoms with Crippen LogP contribution < -0.4 is 0 Å². The van der Waals surface area contributed by atoms with E-state index in [1.165, 1.54) is 0 Å². The fourth-order valence-corrected chi connectivity index (χ4v) is 4.83. The Morgan fingerprint density at radius 3 is 2.60 bits per heavy atom. The van der Waals surface area contributed by atoms with E-state index >= 15 is 0 Å². The molecular formula is C29H43ClO5. The molecule has 0 aliphatic heterocycles. The summed E-state index contributed by atoms with van der Waals surface area (Å²) in [5.74, 6) is -0.0698. The number of carbonyl (C=O) groups is 2. The van der Waals surface area contributed by atoms with Gasteiger partial charge >= 0.3 is 0 Å². The van der Waals surface area contributed by atoms with Crippen LogP contribution in [-0.4, -0.2) is 40.1 Å². The third-order valence-electron chi connectivity index (χ3n) is 6.88. The Bertz CT molecular complexity index is 802. The molecule has 0 radical (unpaired) electrons. The summed E-state index contributed by atoms with van der Waals surface area (Å²) in [5, 5.41) is 21.5. The number of benzene rings is 1. The Morgan fingerprint density at radius 2 is 1.89 bits per heavy atom. The van der Waals surface area contributed by atoms with Crippen molar-refractivity contribution in [2.24, 2.45) is 11.8 Å². The summed E-state index contributed by atoms with van der Waals surface area (Å²) in [4.78, 5) is 24.5. The van der Waals surface area contributed by atoms with Crippen LogP contribution in [0.15, 0.2) is 36.4 Å². The Balaban J connectivity index is 1.62. The van der Waals surface area contributed by atoms with Crippen LogP contribution in [0, 0.1) is 11.8 Å². The zero-order valence-corrected chi connectivity index (χ0v) is 22.1. The van der Waals surface area contributed by atoms with Gasteiger partial charge in [-0.05, 0) is 50.3 Å². The molecule has 196 valence electrons. The van der Waals surface area contributed by atoms with Crippen LogP contribution in [0.25, 0.3) is 0 Å². The predicted octanol–water partition coefficient (Wildman–Crippen LogP) is 6.22. The van der Waals surface area contributed by atoms with Crippen LogP contribution in [0.4, 0.5) is 0 Å². The van der Waals surface area contributed by atoms with Crippen molar-refractivity contribution in [1.82, 2.24) is 0 Å². The van der Waals surface area contributed by atoms with E-state index in [0.717, 1.165) is 56.9 Å². The Labute approximate surface area is 215 Å². The van der Waals surface area contributed by atoms with Crippen LogP contribution >= 0.6 is 11.6 Å². The first kappa shape index (κ1) is 29.7. The summed E-state index contributed by atoms with van der Waals surface area (Å²) in [6.45, 7) is 4.47. The molecule has 4 atom stereocenters. The van der Waals surface area contributed by atoms with Crippen molar-refractivity contribution in [3.63, 3.8) is 0 Å². The lowest BCUT2D eigenvalue weighted by atomic mass is 9.87. The quantitative estimate of drug-likeness (QED) is 0.193. The topological polar surface area (TPSA) is 83.8 Å². The van der Waals surface area contributed by atoms with Gasteiger partial charge in [0.1, 0.15) is 12.4 Å². The normalized spacial score (nSPS) is 22.1. The van der Waals surface area contributed by atoms with Gasteiger partial charge in [-0.1, -0.05) is 74.9 Å². The van der Waals surface area contributed by atoms with Gasteiger partial charge in [0.2, 0.25) is 0 Å². The first-order valence-electron chi connectivity index (χ1n) is 13.2. The lowest BCUT2D eigenvalue weighted by molar-refractivity contribution is -0.124. The van der Waals surface area contributed by atoms with Gasteiger partial charge < -0.3 is 14.9 Å². The molecule has 1 unspecified atom stereocenters. The number of ether oxygens (including phenoxy) is 1. The average Bonchev–Trinajstić information content (AvgIpc) is 3.08. The van der Waals surface area contributed by atoms with E-state index in [1.807, 2.05) is 31.2 Å². The highest BCUT2D eigenvalue weighted by Gasteiger charge is 2.39. The molecule has 0 bridgehead atoms. The van der Waals surface area contributed by atoms with Crippen LogP contribution in [0.5, 0.6) is 0 Å². The minimum atomic E-state index is -0.742.